The van der Waals surface area contributed by atoms with Crippen LogP contribution in [0, 0.1) is 5.82 Å². The average molecular weight is 346 g/mol. The van der Waals surface area contributed by atoms with Gasteiger partial charge >= 0.3 is 0 Å². The van der Waals surface area contributed by atoms with E-state index in [9.17, 15) is 9.18 Å². The van der Waals surface area contributed by atoms with Crippen molar-refractivity contribution in [3.05, 3.63) is 64.2 Å². The van der Waals surface area contributed by atoms with Gasteiger partial charge in [0.25, 0.3) is 0 Å². The molecule has 0 aliphatic heterocycles. The molecule has 0 aliphatic rings. The first-order valence-electron chi connectivity index (χ1n) is 7.08. The molecule has 1 amide bonds. The van der Waals surface area contributed by atoms with Crippen LogP contribution < -0.4 is 0 Å². The number of benzene rings is 1. The average Bonchev–Trinajstić information content (AvgIpc) is 3.17. The van der Waals surface area contributed by atoms with Crippen molar-refractivity contribution < 1.29 is 9.18 Å². The Morgan fingerprint density at radius 3 is 2.87 bits per heavy atom. The number of thiophene rings is 1. The summed E-state index contributed by atoms with van der Waals surface area (Å²) in [5.74, 6) is -0.319. The van der Waals surface area contributed by atoms with Gasteiger partial charge in [0.2, 0.25) is 5.91 Å². The third-order valence-corrected chi connectivity index (χ3v) is 5.28. The zero-order chi connectivity index (χ0) is 16.2. The number of nitrogens with zero attached hydrogens (tertiary/aromatic N) is 2. The normalized spacial score (nSPS) is 10.7. The van der Waals surface area contributed by atoms with E-state index in [1.54, 1.807) is 40.7 Å². The summed E-state index contributed by atoms with van der Waals surface area (Å²) in [7, 11) is 1.72. The van der Waals surface area contributed by atoms with Gasteiger partial charge in [-0.25, -0.2) is 9.37 Å². The molecule has 0 fully saturated rings. The number of rotatable bonds is 5. The minimum absolute atomic E-state index is 0.0303. The molecule has 0 unspecified atom stereocenters. The first-order valence-corrected chi connectivity index (χ1v) is 8.84. The van der Waals surface area contributed by atoms with Crippen molar-refractivity contribution in [3.63, 3.8) is 0 Å². The highest BCUT2D eigenvalue weighted by atomic mass is 32.1. The highest BCUT2D eigenvalue weighted by Crippen LogP contribution is 2.28. The summed E-state index contributed by atoms with van der Waals surface area (Å²) in [4.78, 5) is 19.5. The number of aromatic nitrogens is 1. The summed E-state index contributed by atoms with van der Waals surface area (Å²) in [6.45, 7) is 0.387. The van der Waals surface area contributed by atoms with Crippen LogP contribution in [0.25, 0.3) is 9.88 Å². The standard InChI is InChI=1S/C17H15FN2OS2/c1-20(10-12-4-2-5-13(18)8-12)16(21)9-14-11-23-17(19-14)15-6-3-7-22-15/h2-8,11H,9-10H2,1H3. The molecule has 2 heterocycles. The number of hydrogen-bond acceptors (Lipinski definition) is 4. The summed E-state index contributed by atoms with van der Waals surface area (Å²) < 4.78 is 13.2. The second kappa shape index (κ2) is 7.02. The van der Waals surface area contributed by atoms with Gasteiger partial charge < -0.3 is 4.90 Å². The molecule has 0 bridgehead atoms. The van der Waals surface area contributed by atoms with Crippen molar-refractivity contribution in [2.45, 2.75) is 13.0 Å². The zero-order valence-electron chi connectivity index (χ0n) is 12.5. The molecule has 0 saturated carbocycles. The lowest BCUT2D eigenvalue weighted by molar-refractivity contribution is -0.129. The van der Waals surface area contributed by atoms with Crippen LogP contribution in [0.1, 0.15) is 11.3 Å². The van der Waals surface area contributed by atoms with Crippen LogP contribution in [0.3, 0.4) is 0 Å². The van der Waals surface area contributed by atoms with E-state index in [0.29, 0.717) is 6.54 Å². The van der Waals surface area contributed by atoms with Crippen molar-refractivity contribution >= 4 is 28.6 Å². The van der Waals surface area contributed by atoms with Crippen molar-refractivity contribution in [2.24, 2.45) is 0 Å². The molecule has 3 aromatic rings. The molecular weight excluding hydrogens is 331 g/mol. The van der Waals surface area contributed by atoms with E-state index in [0.717, 1.165) is 21.1 Å². The fourth-order valence-electron chi connectivity index (χ4n) is 2.19. The molecule has 3 nitrogen and oxygen atoms in total. The lowest BCUT2D eigenvalue weighted by Gasteiger charge is -2.16. The van der Waals surface area contributed by atoms with Crippen LogP contribution in [0.5, 0.6) is 0 Å². The lowest BCUT2D eigenvalue weighted by Crippen LogP contribution is -2.27. The molecule has 3 rings (SSSR count). The Morgan fingerprint density at radius 2 is 2.13 bits per heavy atom. The SMILES string of the molecule is CN(Cc1cccc(F)c1)C(=O)Cc1csc(-c2cccs2)n1. The van der Waals surface area contributed by atoms with Gasteiger partial charge in [0.15, 0.2) is 0 Å². The summed E-state index contributed by atoms with van der Waals surface area (Å²) >= 11 is 3.18. The van der Waals surface area contributed by atoms with Gasteiger partial charge in [-0.1, -0.05) is 18.2 Å². The van der Waals surface area contributed by atoms with Crippen molar-refractivity contribution in [1.29, 1.82) is 0 Å². The fourth-order valence-corrected chi connectivity index (χ4v) is 3.82. The van der Waals surface area contributed by atoms with Crippen molar-refractivity contribution in [1.82, 2.24) is 9.88 Å². The van der Waals surface area contributed by atoms with Crippen molar-refractivity contribution in [2.75, 3.05) is 7.05 Å². The quantitative estimate of drug-likeness (QED) is 0.693. The second-order valence-corrected chi connectivity index (χ2v) is 6.98. The molecule has 2 aromatic heterocycles. The molecule has 0 radical (unpaired) electrons. The lowest BCUT2D eigenvalue weighted by atomic mass is 10.2. The highest BCUT2D eigenvalue weighted by molar-refractivity contribution is 7.20. The third-order valence-electron chi connectivity index (χ3n) is 3.35. The summed E-state index contributed by atoms with van der Waals surface area (Å²) in [5, 5.41) is 4.87. The molecule has 0 saturated heterocycles. The highest BCUT2D eigenvalue weighted by Gasteiger charge is 2.13. The molecule has 0 spiro atoms. The number of carbonyl (C=O) groups is 1. The Hall–Kier alpha value is -2.05. The predicted octanol–water partition coefficient (Wildman–Crippen LogP) is 4.21. The van der Waals surface area contributed by atoms with Gasteiger partial charge in [-0.3, -0.25) is 4.79 Å². The van der Waals surface area contributed by atoms with E-state index < -0.39 is 0 Å². The van der Waals surface area contributed by atoms with Gasteiger partial charge in [-0.05, 0) is 29.1 Å². The predicted molar refractivity (Wildman–Crippen MR) is 92.0 cm³/mol. The van der Waals surface area contributed by atoms with E-state index in [-0.39, 0.29) is 18.1 Å². The van der Waals surface area contributed by atoms with E-state index >= 15 is 0 Å². The largest absolute Gasteiger partial charge is 0.341 e. The van der Waals surface area contributed by atoms with Gasteiger partial charge in [0.1, 0.15) is 10.8 Å². The van der Waals surface area contributed by atoms with Crippen LogP contribution in [0.2, 0.25) is 0 Å². The van der Waals surface area contributed by atoms with Gasteiger partial charge in [0.05, 0.1) is 17.0 Å². The Morgan fingerprint density at radius 1 is 1.26 bits per heavy atom. The number of thiazole rings is 1. The molecule has 6 heteroatoms. The Kier molecular flexibility index (Phi) is 4.83. The van der Waals surface area contributed by atoms with E-state index in [2.05, 4.69) is 4.98 Å². The minimum atomic E-state index is -0.288. The first kappa shape index (κ1) is 15.8. The number of hydrogen-bond donors (Lipinski definition) is 0. The maximum atomic E-state index is 13.2. The first-order chi connectivity index (χ1) is 11.1. The van der Waals surface area contributed by atoms with Crippen LogP contribution >= 0.6 is 22.7 Å². The molecule has 23 heavy (non-hydrogen) atoms. The monoisotopic (exact) mass is 346 g/mol. The number of amides is 1. The maximum Gasteiger partial charge on any atom is 0.228 e. The summed E-state index contributed by atoms with van der Waals surface area (Å²) in [6.07, 6.45) is 0.258. The zero-order valence-corrected chi connectivity index (χ0v) is 14.2. The Labute approximate surface area is 142 Å². The summed E-state index contributed by atoms with van der Waals surface area (Å²) in [6, 6.07) is 10.3. The number of likely N-dealkylation sites (N-methyl/N-ethyl adjacent to an activating group) is 1. The van der Waals surface area contributed by atoms with E-state index in [1.807, 2.05) is 29.0 Å². The molecule has 0 aliphatic carbocycles. The molecule has 1 aromatic carbocycles. The van der Waals surface area contributed by atoms with E-state index in [1.165, 1.54) is 12.1 Å². The van der Waals surface area contributed by atoms with Crippen LogP contribution in [-0.2, 0) is 17.8 Å². The molecule has 0 N–H and O–H groups in total. The van der Waals surface area contributed by atoms with Gasteiger partial charge in [0, 0.05) is 19.0 Å². The van der Waals surface area contributed by atoms with Crippen molar-refractivity contribution in [3.8, 4) is 9.88 Å². The second-order valence-electron chi connectivity index (χ2n) is 5.18. The van der Waals surface area contributed by atoms with Gasteiger partial charge in [-0.15, -0.1) is 22.7 Å². The Balaban J connectivity index is 1.62. The molecular formula is C17H15FN2OS2. The van der Waals surface area contributed by atoms with Crippen LogP contribution in [-0.4, -0.2) is 22.8 Å². The number of carbonyl (C=O) groups excluding carboxylic acids is 1. The number of halogens is 1. The van der Waals surface area contributed by atoms with E-state index in [4.69, 9.17) is 0 Å². The molecule has 118 valence electrons. The smallest absolute Gasteiger partial charge is 0.228 e. The topological polar surface area (TPSA) is 33.2 Å². The van der Waals surface area contributed by atoms with Gasteiger partial charge in [-0.2, -0.15) is 0 Å². The van der Waals surface area contributed by atoms with Crippen LogP contribution in [0.15, 0.2) is 47.2 Å². The fraction of sp³-hybridized carbons (Fsp3) is 0.176. The molecule has 0 atom stereocenters. The minimum Gasteiger partial charge on any atom is -0.341 e. The summed E-state index contributed by atoms with van der Waals surface area (Å²) in [5.41, 5.74) is 1.55. The van der Waals surface area contributed by atoms with Crippen LogP contribution in [0.4, 0.5) is 4.39 Å². The third kappa shape index (κ3) is 4.03. The maximum absolute atomic E-state index is 13.2. The Bertz CT molecular complexity index is 799.